The zero-order chi connectivity index (χ0) is 22.9. The van der Waals surface area contributed by atoms with Crippen LogP contribution in [-0.4, -0.2) is 25.4 Å². The maximum Gasteiger partial charge on any atom is 0.416 e. The van der Waals surface area contributed by atoms with E-state index in [2.05, 4.69) is 25.6 Å². The Hall–Kier alpha value is -3.47. The fourth-order valence-corrected chi connectivity index (χ4v) is 3.93. The van der Waals surface area contributed by atoms with Gasteiger partial charge in [-0.1, -0.05) is 11.3 Å². The van der Waals surface area contributed by atoms with Gasteiger partial charge in [0.05, 0.1) is 29.6 Å². The van der Waals surface area contributed by atoms with E-state index in [4.69, 9.17) is 0 Å². The Morgan fingerprint density at radius 2 is 1.91 bits per heavy atom. The van der Waals surface area contributed by atoms with Crippen LogP contribution in [0.1, 0.15) is 40.8 Å². The molecule has 1 atom stereocenters. The lowest BCUT2D eigenvalue weighted by atomic mass is 10.2. The third-order valence-corrected chi connectivity index (χ3v) is 5.94. The van der Waals surface area contributed by atoms with Crippen LogP contribution in [-0.2, 0) is 12.7 Å². The summed E-state index contributed by atoms with van der Waals surface area (Å²) in [5, 5.41) is 6.38. The number of hydrogen-bond acceptors (Lipinski definition) is 6. The molecule has 0 bridgehead atoms. The van der Waals surface area contributed by atoms with Crippen molar-refractivity contribution in [3.63, 3.8) is 0 Å². The summed E-state index contributed by atoms with van der Waals surface area (Å²) in [7, 11) is 0. The highest BCUT2D eigenvalue weighted by Crippen LogP contribution is 2.31. The van der Waals surface area contributed by atoms with E-state index in [0.29, 0.717) is 10.8 Å². The summed E-state index contributed by atoms with van der Waals surface area (Å²) >= 11 is 1.30. The fraction of sp³-hybridized carbons (Fsp3) is 0.238. The third kappa shape index (κ3) is 4.57. The van der Waals surface area contributed by atoms with Crippen LogP contribution in [0.2, 0.25) is 0 Å². The summed E-state index contributed by atoms with van der Waals surface area (Å²) in [6, 6.07) is 6.08. The van der Waals surface area contributed by atoms with Crippen LogP contribution < -0.4 is 10.6 Å². The number of alkyl halides is 3. The summed E-state index contributed by atoms with van der Waals surface area (Å²) in [6.45, 7) is 4.54. The fourth-order valence-electron chi connectivity index (χ4n) is 3.09. The van der Waals surface area contributed by atoms with Crippen LogP contribution in [0.4, 0.5) is 24.0 Å². The van der Waals surface area contributed by atoms with Crippen LogP contribution in [0.15, 0.2) is 49.1 Å². The molecule has 4 aromatic rings. The summed E-state index contributed by atoms with van der Waals surface area (Å²) < 4.78 is 40.0. The van der Waals surface area contributed by atoms with Gasteiger partial charge in [0.1, 0.15) is 11.2 Å². The molecule has 166 valence electrons. The van der Waals surface area contributed by atoms with E-state index in [0.717, 1.165) is 34.6 Å². The summed E-state index contributed by atoms with van der Waals surface area (Å²) in [5.74, 6) is -0.325. The number of halogens is 3. The molecule has 0 aliphatic rings. The first kappa shape index (κ1) is 21.8. The number of pyridine rings is 1. The van der Waals surface area contributed by atoms with Gasteiger partial charge in [-0.25, -0.2) is 15.0 Å². The van der Waals surface area contributed by atoms with Crippen LogP contribution in [0.5, 0.6) is 0 Å². The van der Waals surface area contributed by atoms with Crippen LogP contribution in [0, 0.1) is 0 Å². The largest absolute Gasteiger partial charge is 0.416 e. The first-order chi connectivity index (χ1) is 15.2. The minimum absolute atomic E-state index is 0.284. The maximum atomic E-state index is 12.7. The Balaban J connectivity index is 1.42. The number of aryl methyl sites for hydroxylation is 1. The molecule has 1 unspecified atom stereocenters. The van der Waals surface area contributed by atoms with Crippen LogP contribution >= 0.6 is 11.3 Å². The molecule has 32 heavy (non-hydrogen) atoms. The third-order valence-electron chi connectivity index (χ3n) is 4.84. The zero-order valence-electron chi connectivity index (χ0n) is 17.1. The normalized spacial score (nSPS) is 12.7. The lowest BCUT2D eigenvalue weighted by molar-refractivity contribution is -0.137. The average Bonchev–Trinajstić information content (AvgIpc) is 3.39. The van der Waals surface area contributed by atoms with E-state index >= 15 is 0 Å². The van der Waals surface area contributed by atoms with Gasteiger partial charge in [-0.15, -0.1) is 0 Å². The highest BCUT2D eigenvalue weighted by Gasteiger charge is 2.30. The molecule has 7 nitrogen and oxygen atoms in total. The number of thiazole rings is 1. The van der Waals surface area contributed by atoms with E-state index < -0.39 is 11.7 Å². The van der Waals surface area contributed by atoms with Gasteiger partial charge in [0.25, 0.3) is 5.91 Å². The van der Waals surface area contributed by atoms with Gasteiger partial charge < -0.3 is 15.2 Å². The van der Waals surface area contributed by atoms with Gasteiger partial charge in [0, 0.05) is 23.3 Å². The van der Waals surface area contributed by atoms with Crippen molar-refractivity contribution < 1.29 is 18.0 Å². The molecule has 3 aromatic heterocycles. The molecule has 1 amide bonds. The second kappa shape index (κ2) is 8.58. The Kier molecular flexibility index (Phi) is 5.83. The number of fused-ring (bicyclic) bond motifs is 1. The van der Waals surface area contributed by atoms with E-state index in [1.165, 1.54) is 23.5 Å². The number of benzene rings is 1. The predicted octanol–water partition coefficient (Wildman–Crippen LogP) is 5.16. The predicted molar refractivity (Wildman–Crippen MR) is 116 cm³/mol. The number of carbonyl (C=O) groups is 1. The van der Waals surface area contributed by atoms with Crippen molar-refractivity contribution in [3.05, 3.63) is 65.2 Å². The second-order valence-electron chi connectivity index (χ2n) is 7.05. The standard InChI is InChI=1S/C21H19F3N6OS/c1-3-30-11-27-16-9-25-15(8-17(16)30)19(31)28-12(2)18-10-26-20(32-18)29-14-6-4-13(5-7-14)21(22,23)24/h4-12H,3H2,1-2H3,(H,26,29)(H,28,31). The van der Waals surface area contributed by atoms with Gasteiger partial charge >= 0.3 is 6.18 Å². The molecular weight excluding hydrogens is 441 g/mol. The van der Waals surface area contributed by atoms with E-state index in [-0.39, 0.29) is 17.6 Å². The quantitative estimate of drug-likeness (QED) is 0.415. The summed E-state index contributed by atoms with van der Waals surface area (Å²) in [4.78, 5) is 26.2. The van der Waals surface area contributed by atoms with Crippen molar-refractivity contribution in [3.8, 4) is 0 Å². The first-order valence-electron chi connectivity index (χ1n) is 9.76. The number of nitrogens with one attached hydrogen (secondary N) is 2. The Bertz CT molecular complexity index is 1250. The van der Waals surface area contributed by atoms with Crippen molar-refractivity contribution >= 4 is 39.1 Å². The van der Waals surface area contributed by atoms with Crippen molar-refractivity contribution in [1.82, 2.24) is 24.8 Å². The van der Waals surface area contributed by atoms with E-state index in [9.17, 15) is 18.0 Å². The number of amides is 1. The molecule has 11 heteroatoms. The maximum absolute atomic E-state index is 12.7. The second-order valence-corrected chi connectivity index (χ2v) is 8.11. The van der Waals surface area contributed by atoms with Crippen molar-refractivity contribution in [2.24, 2.45) is 0 Å². The Morgan fingerprint density at radius 3 is 2.59 bits per heavy atom. The highest BCUT2D eigenvalue weighted by molar-refractivity contribution is 7.15. The molecule has 0 spiro atoms. The first-order valence-corrected chi connectivity index (χ1v) is 10.6. The molecule has 1 aromatic carbocycles. The number of carbonyl (C=O) groups excluding carboxylic acids is 1. The van der Waals surface area contributed by atoms with Crippen molar-refractivity contribution in [1.29, 1.82) is 0 Å². The zero-order valence-corrected chi connectivity index (χ0v) is 18.0. The smallest absolute Gasteiger partial charge is 0.343 e. The van der Waals surface area contributed by atoms with Gasteiger partial charge in [-0.3, -0.25) is 4.79 Å². The molecule has 0 fully saturated rings. The molecule has 0 aliphatic heterocycles. The van der Waals surface area contributed by atoms with E-state index in [1.807, 2.05) is 18.4 Å². The summed E-state index contributed by atoms with van der Waals surface area (Å²) in [5.41, 5.74) is 1.61. The topological polar surface area (TPSA) is 84.7 Å². The molecule has 2 N–H and O–H groups in total. The SMILES string of the molecule is CCn1cnc2cnc(C(=O)NC(C)c3cnc(Nc4ccc(C(F)(F)F)cc4)s3)cc21. The van der Waals surface area contributed by atoms with Crippen LogP contribution in [0.3, 0.4) is 0 Å². The van der Waals surface area contributed by atoms with Crippen molar-refractivity contribution in [2.75, 3.05) is 5.32 Å². The molecule has 4 rings (SSSR count). The van der Waals surface area contributed by atoms with Gasteiger partial charge in [0.2, 0.25) is 0 Å². The molecule has 0 radical (unpaired) electrons. The minimum atomic E-state index is -4.38. The summed E-state index contributed by atoms with van der Waals surface area (Å²) in [6.07, 6.45) is 0.514. The number of hydrogen-bond donors (Lipinski definition) is 2. The highest BCUT2D eigenvalue weighted by atomic mass is 32.1. The molecular formula is C21H19F3N6OS. The number of nitrogens with zero attached hydrogens (tertiary/aromatic N) is 4. The van der Waals surface area contributed by atoms with Crippen molar-refractivity contribution in [2.45, 2.75) is 32.6 Å². The van der Waals surface area contributed by atoms with E-state index in [1.54, 1.807) is 24.8 Å². The van der Waals surface area contributed by atoms with Gasteiger partial charge in [-0.05, 0) is 44.2 Å². The van der Waals surface area contributed by atoms with Gasteiger partial charge in [0.15, 0.2) is 5.13 Å². The number of anilines is 2. The number of imidazole rings is 1. The lowest BCUT2D eigenvalue weighted by Crippen LogP contribution is -2.26. The number of aromatic nitrogens is 4. The Labute approximate surface area is 185 Å². The number of rotatable bonds is 6. The molecule has 0 aliphatic carbocycles. The Morgan fingerprint density at radius 1 is 1.16 bits per heavy atom. The molecule has 0 saturated carbocycles. The molecule has 3 heterocycles. The molecule has 0 saturated heterocycles. The average molecular weight is 460 g/mol. The minimum Gasteiger partial charge on any atom is -0.343 e. The van der Waals surface area contributed by atoms with Gasteiger partial charge in [-0.2, -0.15) is 13.2 Å². The lowest BCUT2D eigenvalue weighted by Gasteiger charge is -2.11. The van der Waals surface area contributed by atoms with Crippen LogP contribution in [0.25, 0.3) is 11.0 Å². The monoisotopic (exact) mass is 460 g/mol.